The highest BCUT2D eigenvalue weighted by molar-refractivity contribution is 5.88. The molecule has 0 amide bonds. The Labute approximate surface area is 125 Å². The van der Waals surface area contributed by atoms with Crippen molar-refractivity contribution in [2.75, 3.05) is 13.2 Å². The number of ether oxygens (including phenoxy) is 1. The van der Waals surface area contributed by atoms with Gasteiger partial charge in [0.1, 0.15) is 17.6 Å². The van der Waals surface area contributed by atoms with Gasteiger partial charge in [0, 0.05) is 18.1 Å². The summed E-state index contributed by atoms with van der Waals surface area (Å²) in [6.45, 7) is 3.23. The molecule has 4 rings (SSSR count). The fourth-order valence-electron chi connectivity index (χ4n) is 3.11. The second kappa shape index (κ2) is 4.78. The number of H-pyrrole nitrogens is 1. The molecule has 3 heterocycles. The van der Waals surface area contributed by atoms with Gasteiger partial charge >= 0.3 is 0 Å². The third-order valence-electron chi connectivity index (χ3n) is 4.32. The Balaban J connectivity index is 2.11. The molecule has 1 aliphatic rings. The maximum absolute atomic E-state index is 12.3. The zero-order chi connectivity index (χ0) is 15.3. The number of aromatic amines is 1. The van der Waals surface area contributed by atoms with E-state index in [0.717, 1.165) is 36.2 Å². The highest BCUT2D eigenvalue weighted by atomic mass is 16.5. The first-order chi connectivity index (χ1) is 10.7. The molecule has 0 bridgehead atoms. The number of nitrogens with one attached hydrogen (secondary N) is 1. The van der Waals surface area contributed by atoms with Gasteiger partial charge in [-0.3, -0.25) is 14.0 Å². The molecular formula is C16H15N3O3. The molecule has 112 valence electrons. The van der Waals surface area contributed by atoms with Crippen molar-refractivity contribution in [2.24, 2.45) is 0 Å². The molecule has 1 unspecified atom stereocenters. The Kier molecular flexibility index (Phi) is 2.87. The van der Waals surface area contributed by atoms with Gasteiger partial charge in [0.25, 0.3) is 5.56 Å². The number of aromatic nitrogens is 3. The average Bonchev–Trinajstić information content (AvgIpc) is 3.16. The number of aldehydes is 1. The molecule has 1 aliphatic heterocycles. The van der Waals surface area contributed by atoms with Crippen LogP contribution in [0.25, 0.3) is 16.6 Å². The van der Waals surface area contributed by atoms with Crippen molar-refractivity contribution in [3.63, 3.8) is 0 Å². The third kappa shape index (κ3) is 1.80. The fourth-order valence-corrected chi connectivity index (χ4v) is 3.11. The van der Waals surface area contributed by atoms with Crippen LogP contribution in [0.1, 0.15) is 34.1 Å². The van der Waals surface area contributed by atoms with Crippen molar-refractivity contribution in [3.05, 3.63) is 45.6 Å². The van der Waals surface area contributed by atoms with Gasteiger partial charge in [0.15, 0.2) is 0 Å². The minimum absolute atomic E-state index is 0.193. The molecule has 1 N–H and O–H groups in total. The number of benzene rings is 1. The summed E-state index contributed by atoms with van der Waals surface area (Å²) in [4.78, 5) is 30.7. The topological polar surface area (TPSA) is 76.5 Å². The predicted molar refractivity (Wildman–Crippen MR) is 81.6 cm³/mol. The second-order valence-electron chi connectivity index (χ2n) is 5.70. The monoisotopic (exact) mass is 297 g/mol. The summed E-state index contributed by atoms with van der Waals surface area (Å²) in [6, 6.07) is 3.64. The van der Waals surface area contributed by atoms with Crippen LogP contribution >= 0.6 is 0 Å². The van der Waals surface area contributed by atoms with Crippen LogP contribution in [0.2, 0.25) is 0 Å². The normalized spacial score (nSPS) is 18.3. The Morgan fingerprint density at radius 2 is 2.27 bits per heavy atom. The highest BCUT2D eigenvalue weighted by Crippen LogP contribution is 2.27. The summed E-state index contributed by atoms with van der Waals surface area (Å²) >= 11 is 0. The van der Waals surface area contributed by atoms with E-state index in [1.807, 2.05) is 17.4 Å². The second-order valence-corrected chi connectivity index (χ2v) is 5.70. The molecule has 0 aliphatic carbocycles. The summed E-state index contributed by atoms with van der Waals surface area (Å²) in [5, 5.41) is 0. The van der Waals surface area contributed by atoms with Gasteiger partial charge in [-0.05, 0) is 31.0 Å². The van der Waals surface area contributed by atoms with Crippen LogP contribution in [-0.4, -0.2) is 33.9 Å². The molecule has 1 aromatic carbocycles. The van der Waals surface area contributed by atoms with Gasteiger partial charge in [-0.15, -0.1) is 0 Å². The zero-order valence-corrected chi connectivity index (χ0v) is 12.1. The van der Waals surface area contributed by atoms with E-state index in [4.69, 9.17) is 4.74 Å². The Morgan fingerprint density at radius 3 is 3.00 bits per heavy atom. The fraction of sp³-hybridized carbons (Fsp3) is 0.312. The van der Waals surface area contributed by atoms with E-state index in [1.54, 1.807) is 12.3 Å². The molecule has 1 atom stereocenters. The molecule has 6 heteroatoms. The van der Waals surface area contributed by atoms with Gasteiger partial charge in [0.2, 0.25) is 0 Å². The van der Waals surface area contributed by atoms with Gasteiger partial charge in [-0.25, -0.2) is 4.98 Å². The van der Waals surface area contributed by atoms with Crippen LogP contribution in [0.3, 0.4) is 0 Å². The van der Waals surface area contributed by atoms with Crippen molar-refractivity contribution in [3.8, 4) is 0 Å². The van der Waals surface area contributed by atoms with E-state index in [2.05, 4.69) is 9.97 Å². The van der Waals surface area contributed by atoms with Crippen LogP contribution in [0.5, 0.6) is 0 Å². The van der Waals surface area contributed by atoms with Gasteiger partial charge in [0.05, 0.1) is 23.8 Å². The average molecular weight is 297 g/mol. The number of hydrogen-bond donors (Lipinski definition) is 1. The zero-order valence-electron chi connectivity index (χ0n) is 12.1. The molecule has 3 aromatic rings. The maximum Gasteiger partial charge on any atom is 0.274 e. The van der Waals surface area contributed by atoms with Crippen LogP contribution in [0.4, 0.5) is 0 Å². The molecule has 0 spiro atoms. The van der Waals surface area contributed by atoms with E-state index in [1.165, 1.54) is 0 Å². The number of imidazole rings is 1. The van der Waals surface area contributed by atoms with Gasteiger partial charge < -0.3 is 9.72 Å². The standard InChI is InChI=1S/C16H15N3O3/c1-9-4-13-12(5-11(9)7-20)18-16(21)14-6-17-15(19(13)14)10-2-3-22-8-10/h4-7,10H,2-3,8H2,1H3,(H,18,21). The molecule has 1 fully saturated rings. The SMILES string of the molecule is Cc1cc2c(cc1C=O)[nH]c(=O)c1cnc(C3CCOC3)n12. The van der Waals surface area contributed by atoms with Crippen LogP contribution in [0, 0.1) is 6.92 Å². The first kappa shape index (κ1) is 13.2. The quantitative estimate of drug-likeness (QED) is 0.732. The van der Waals surface area contributed by atoms with E-state index in [-0.39, 0.29) is 11.5 Å². The number of hydrogen-bond acceptors (Lipinski definition) is 4. The number of rotatable bonds is 2. The summed E-state index contributed by atoms with van der Waals surface area (Å²) in [5.41, 5.74) is 3.27. The van der Waals surface area contributed by atoms with Crippen LogP contribution in [-0.2, 0) is 4.74 Å². The Hall–Kier alpha value is -2.47. The molecule has 2 aromatic heterocycles. The van der Waals surface area contributed by atoms with Gasteiger partial charge in [-0.1, -0.05) is 0 Å². The third-order valence-corrected chi connectivity index (χ3v) is 4.32. The van der Waals surface area contributed by atoms with Crippen molar-refractivity contribution in [2.45, 2.75) is 19.3 Å². The van der Waals surface area contributed by atoms with Crippen molar-refractivity contribution in [1.82, 2.24) is 14.4 Å². The number of carbonyl (C=O) groups is 1. The maximum atomic E-state index is 12.3. The molecule has 22 heavy (non-hydrogen) atoms. The van der Waals surface area contributed by atoms with Crippen LogP contribution in [0.15, 0.2) is 23.1 Å². The predicted octanol–water partition coefficient (Wildman–Crippen LogP) is 1.80. The van der Waals surface area contributed by atoms with Gasteiger partial charge in [-0.2, -0.15) is 0 Å². The lowest BCUT2D eigenvalue weighted by atomic mass is 10.1. The molecule has 0 saturated carbocycles. The molecule has 1 saturated heterocycles. The molecule has 0 radical (unpaired) electrons. The Bertz CT molecular complexity index is 949. The lowest BCUT2D eigenvalue weighted by Gasteiger charge is -2.11. The van der Waals surface area contributed by atoms with Crippen molar-refractivity contribution in [1.29, 1.82) is 0 Å². The highest BCUT2D eigenvalue weighted by Gasteiger charge is 2.24. The summed E-state index contributed by atoms with van der Waals surface area (Å²) < 4.78 is 7.34. The molecule has 6 nitrogen and oxygen atoms in total. The first-order valence-corrected chi connectivity index (χ1v) is 7.26. The van der Waals surface area contributed by atoms with E-state index in [9.17, 15) is 9.59 Å². The van der Waals surface area contributed by atoms with E-state index in [0.29, 0.717) is 23.2 Å². The van der Waals surface area contributed by atoms with Crippen molar-refractivity contribution >= 4 is 22.8 Å². The number of fused-ring (bicyclic) bond motifs is 3. The number of carbonyl (C=O) groups excluding carboxylic acids is 1. The Morgan fingerprint density at radius 1 is 1.41 bits per heavy atom. The van der Waals surface area contributed by atoms with E-state index < -0.39 is 0 Å². The van der Waals surface area contributed by atoms with Crippen LogP contribution < -0.4 is 5.56 Å². The lowest BCUT2D eigenvalue weighted by molar-refractivity contribution is 0.112. The summed E-state index contributed by atoms with van der Waals surface area (Å²) in [7, 11) is 0. The van der Waals surface area contributed by atoms with E-state index >= 15 is 0 Å². The minimum Gasteiger partial charge on any atom is -0.381 e. The molecular weight excluding hydrogens is 282 g/mol. The smallest absolute Gasteiger partial charge is 0.274 e. The minimum atomic E-state index is -0.203. The summed E-state index contributed by atoms with van der Waals surface area (Å²) in [6.07, 6.45) is 3.31. The first-order valence-electron chi connectivity index (χ1n) is 7.26. The number of aryl methyl sites for hydroxylation is 1. The largest absolute Gasteiger partial charge is 0.381 e. The van der Waals surface area contributed by atoms with Crippen molar-refractivity contribution < 1.29 is 9.53 Å². The lowest BCUT2D eigenvalue weighted by Crippen LogP contribution is -2.13. The summed E-state index contributed by atoms with van der Waals surface area (Å²) in [5.74, 6) is 1.04. The number of nitrogens with zero attached hydrogens (tertiary/aromatic N) is 2.